The highest BCUT2D eigenvalue weighted by atomic mass is 35.5. The van der Waals surface area contributed by atoms with Gasteiger partial charge in [-0.15, -0.1) is 0 Å². The maximum atomic E-state index is 13.4. The average molecular weight is 489 g/mol. The van der Waals surface area contributed by atoms with Crippen LogP contribution >= 0.6 is 11.6 Å². The van der Waals surface area contributed by atoms with Crippen molar-refractivity contribution in [3.63, 3.8) is 0 Å². The van der Waals surface area contributed by atoms with Gasteiger partial charge >= 0.3 is 0 Å². The van der Waals surface area contributed by atoms with Gasteiger partial charge in [-0.05, 0) is 12.8 Å². The molecule has 0 radical (unpaired) electrons. The Kier molecular flexibility index (Phi) is 5.69. The minimum atomic E-state index is -3.06. The molecule has 3 heterocycles. The molecule has 2 amide bonds. The number of hydrogen-bond donors (Lipinski definition) is 3. The van der Waals surface area contributed by atoms with Crippen LogP contribution in [0.25, 0.3) is 0 Å². The summed E-state index contributed by atoms with van der Waals surface area (Å²) in [6.45, 7) is -0.510. The summed E-state index contributed by atoms with van der Waals surface area (Å²) in [5, 5.41) is 13.6. The number of aromatic nitrogens is 2. The Morgan fingerprint density at radius 2 is 1.94 bits per heavy atom. The van der Waals surface area contributed by atoms with Crippen molar-refractivity contribution >= 4 is 34.9 Å². The molecule has 33 heavy (non-hydrogen) atoms. The highest BCUT2D eigenvalue weighted by Crippen LogP contribution is 2.45. The number of nitrogens with one attached hydrogen (secondary N) is 2. The summed E-state index contributed by atoms with van der Waals surface area (Å²) in [4.78, 5) is 41.4. The average Bonchev–Trinajstić information content (AvgIpc) is 3.27. The molecule has 0 saturated heterocycles. The Labute approximate surface area is 188 Å². The molecular formula is C20H17ClF4N4O4. The van der Waals surface area contributed by atoms with Crippen molar-refractivity contribution in [3.05, 3.63) is 46.0 Å². The van der Waals surface area contributed by atoms with Crippen molar-refractivity contribution in [2.45, 2.75) is 43.7 Å². The van der Waals surface area contributed by atoms with E-state index in [9.17, 15) is 37.1 Å². The van der Waals surface area contributed by atoms with Crippen LogP contribution in [0.15, 0.2) is 12.3 Å². The van der Waals surface area contributed by atoms with E-state index >= 15 is 0 Å². The molecule has 1 saturated carbocycles. The van der Waals surface area contributed by atoms with Crippen LogP contribution in [0.2, 0.25) is 5.02 Å². The highest BCUT2D eigenvalue weighted by molar-refractivity contribution is 6.48. The topological polar surface area (TPSA) is 113 Å². The zero-order valence-electron chi connectivity index (χ0n) is 16.9. The first-order valence-electron chi connectivity index (χ1n) is 9.86. The highest BCUT2D eigenvalue weighted by Gasteiger charge is 2.57. The fraction of sp³-hybridized carbons (Fsp3) is 0.400. The number of amides is 2. The summed E-state index contributed by atoms with van der Waals surface area (Å²) in [6, 6.07) is 0.715. The van der Waals surface area contributed by atoms with Crippen LogP contribution in [-0.4, -0.2) is 50.3 Å². The largest absolute Gasteiger partial charge is 0.394 e. The van der Waals surface area contributed by atoms with E-state index in [4.69, 9.17) is 11.6 Å². The smallest absolute Gasteiger partial charge is 0.294 e. The van der Waals surface area contributed by atoms with Crippen molar-refractivity contribution in [1.82, 2.24) is 14.9 Å². The molecule has 0 aromatic carbocycles. The fourth-order valence-electron chi connectivity index (χ4n) is 4.26. The summed E-state index contributed by atoms with van der Waals surface area (Å²) in [5.74, 6) is -8.92. The van der Waals surface area contributed by atoms with Gasteiger partial charge in [0, 0.05) is 31.1 Å². The Balaban J connectivity index is 1.60. The van der Waals surface area contributed by atoms with Crippen molar-refractivity contribution < 1.29 is 37.1 Å². The lowest BCUT2D eigenvalue weighted by atomic mass is 9.74. The number of rotatable bonds is 6. The number of halogens is 5. The third kappa shape index (κ3) is 4.08. The predicted octanol–water partition coefficient (Wildman–Crippen LogP) is 2.47. The van der Waals surface area contributed by atoms with E-state index in [0.717, 1.165) is 6.20 Å². The molecule has 0 unspecified atom stereocenters. The number of aliphatic hydroxyl groups excluding tert-OH is 1. The zero-order valence-corrected chi connectivity index (χ0v) is 17.6. The Hall–Kier alpha value is -2.99. The molecule has 176 valence electrons. The van der Waals surface area contributed by atoms with Gasteiger partial charge in [0.2, 0.25) is 5.95 Å². The van der Waals surface area contributed by atoms with E-state index in [-0.39, 0.29) is 28.5 Å². The minimum absolute atomic E-state index is 0.123. The van der Waals surface area contributed by atoms with Crippen molar-refractivity contribution in [2.75, 3.05) is 11.9 Å². The fourth-order valence-corrected chi connectivity index (χ4v) is 4.65. The number of alkyl halides is 2. The summed E-state index contributed by atoms with van der Waals surface area (Å²) in [6.07, 6.45) is 0.147. The molecular weight excluding hydrogens is 472 g/mol. The van der Waals surface area contributed by atoms with Gasteiger partial charge in [-0.3, -0.25) is 14.4 Å². The summed E-state index contributed by atoms with van der Waals surface area (Å²) < 4.78 is 54.4. The lowest BCUT2D eigenvalue weighted by Gasteiger charge is -2.46. The molecule has 0 bridgehead atoms. The van der Waals surface area contributed by atoms with E-state index in [1.807, 2.05) is 0 Å². The van der Waals surface area contributed by atoms with Gasteiger partial charge in [0.05, 0.1) is 34.6 Å². The standard InChI is InChI=1S/C20H17ClF4N4O4/c21-13-12(17(32)27-9-4-10(22)16(23)26-5-9)11-2-1-3-29(11)14(13)15(31)18(33)28-19(8-30)6-20(24,25)7-19/h4-5,30H,1-3,6-8H2,(H,27,32)(H,28,33). The van der Waals surface area contributed by atoms with E-state index in [1.54, 1.807) is 0 Å². The first-order valence-corrected chi connectivity index (χ1v) is 10.2. The van der Waals surface area contributed by atoms with Gasteiger partial charge in [-0.1, -0.05) is 11.6 Å². The van der Waals surface area contributed by atoms with Crippen LogP contribution in [0.5, 0.6) is 0 Å². The van der Waals surface area contributed by atoms with Gasteiger partial charge < -0.3 is 20.3 Å². The maximum Gasteiger partial charge on any atom is 0.294 e. The molecule has 1 aliphatic heterocycles. The van der Waals surface area contributed by atoms with Gasteiger partial charge in [-0.25, -0.2) is 18.2 Å². The number of ketones is 1. The van der Waals surface area contributed by atoms with Crippen LogP contribution in [0.4, 0.5) is 23.2 Å². The van der Waals surface area contributed by atoms with Crippen molar-refractivity contribution in [2.24, 2.45) is 0 Å². The van der Waals surface area contributed by atoms with Crippen LogP contribution in [0, 0.1) is 11.8 Å². The van der Waals surface area contributed by atoms with Gasteiger partial charge in [0.25, 0.3) is 23.5 Å². The van der Waals surface area contributed by atoms with Crippen molar-refractivity contribution in [1.29, 1.82) is 0 Å². The van der Waals surface area contributed by atoms with Gasteiger partial charge in [-0.2, -0.15) is 4.39 Å². The number of carbonyl (C=O) groups excluding carboxylic acids is 3. The summed E-state index contributed by atoms with van der Waals surface area (Å²) in [5.41, 5.74) is -1.84. The van der Waals surface area contributed by atoms with E-state index in [2.05, 4.69) is 15.6 Å². The van der Waals surface area contributed by atoms with Crippen LogP contribution in [-0.2, 0) is 17.8 Å². The Bertz CT molecular complexity index is 1180. The van der Waals surface area contributed by atoms with Crippen LogP contribution < -0.4 is 10.6 Å². The first kappa shape index (κ1) is 23.2. The quantitative estimate of drug-likeness (QED) is 0.250. The molecule has 2 aromatic heterocycles. The second kappa shape index (κ2) is 8.10. The Morgan fingerprint density at radius 3 is 2.55 bits per heavy atom. The number of fused-ring (bicyclic) bond motifs is 1. The number of aliphatic hydroxyl groups is 1. The van der Waals surface area contributed by atoms with E-state index in [0.29, 0.717) is 24.6 Å². The third-order valence-corrected chi connectivity index (χ3v) is 6.05. The molecule has 0 spiro atoms. The zero-order chi connectivity index (χ0) is 24.1. The SMILES string of the molecule is O=C(NC1(CO)CC(F)(F)C1)C(=O)c1c(Cl)c(C(=O)Nc2cnc(F)c(F)c2)c2n1CCC2. The first-order chi connectivity index (χ1) is 15.5. The second-order valence-electron chi connectivity index (χ2n) is 8.12. The number of carbonyl (C=O) groups is 3. The molecule has 2 aliphatic rings. The van der Waals surface area contributed by atoms with Crippen molar-refractivity contribution in [3.8, 4) is 0 Å². The monoisotopic (exact) mass is 488 g/mol. The minimum Gasteiger partial charge on any atom is -0.394 e. The molecule has 8 nitrogen and oxygen atoms in total. The maximum absolute atomic E-state index is 13.4. The summed E-state index contributed by atoms with van der Waals surface area (Å²) >= 11 is 6.30. The molecule has 0 atom stereocenters. The lowest BCUT2D eigenvalue weighted by Crippen LogP contribution is -2.65. The normalized spacial score (nSPS) is 17.8. The van der Waals surface area contributed by atoms with Gasteiger partial charge in [0.1, 0.15) is 5.69 Å². The number of Topliss-reactive ketones (excluding diaryl/α,β-unsaturated/α-hetero) is 1. The second-order valence-corrected chi connectivity index (χ2v) is 8.50. The molecule has 1 fully saturated rings. The van der Waals surface area contributed by atoms with Gasteiger partial charge in [0.15, 0.2) is 5.82 Å². The molecule has 2 aromatic rings. The summed E-state index contributed by atoms with van der Waals surface area (Å²) in [7, 11) is 0. The predicted molar refractivity (Wildman–Crippen MR) is 106 cm³/mol. The van der Waals surface area contributed by atoms with Crippen LogP contribution in [0.1, 0.15) is 45.8 Å². The molecule has 13 heteroatoms. The molecule has 4 rings (SSSR count). The molecule has 1 aliphatic carbocycles. The third-order valence-electron chi connectivity index (χ3n) is 5.68. The molecule has 3 N–H and O–H groups in total. The number of hydrogen-bond acceptors (Lipinski definition) is 5. The Morgan fingerprint density at radius 1 is 1.24 bits per heavy atom. The van der Waals surface area contributed by atoms with E-state index in [1.165, 1.54) is 4.57 Å². The number of pyridine rings is 1. The number of nitrogens with zero attached hydrogens (tertiary/aromatic N) is 2. The van der Waals surface area contributed by atoms with Crippen LogP contribution in [0.3, 0.4) is 0 Å². The lowest BCUT2D eigenvalue weighted by molar-refractivity contribution is -0.154. The number of anilines is 1. The van der Waals surface area contributed by atoms with E-state index < -0.39 is 60.3 Å².